The molecule has 1 atom stereocenters. The number of hydrogen-bond donors (Lipinski definition) is 0. The molecule has 388 valence electrons. The molecule has 0 aliphatic heterocycles. The van der Waals surface area contributed by atoms with Crippen LogP contribution in [0.25, 0.3) is 0 Å². The van der Waals surface area contributed by atoms with Gasteiger partial charge < -0.3 is 14.2 Å². The predicted octanol–water partition coefficient (Wildman–Crippen LogP) is 18.6. The minimum atomic E-state index is -0.835. The first-order valence-corrected chi connectivity index (χ1v) is 27.7. The van der Waals surface area contributed by atoms with E-state index in [4.69, 9.17) is 14.2 Å². The van der Waals surface area contributed by atoms with Crippen LogP contribution < -0.4 is 0 Å². The molecule has 0 unspecified atom stereocenters. The van der Waals surface area contributed by atoms with E-state index >= 15 is 0 Å². The lowest BCUT2D eigenvalue weighted by Crippen LogP contribution is -2.30. The van der Waals surface area contributed by atoms with Crippen LogP contribution >= 0.6 is 0 Å². The third kappa shape index (κ3) is 54.4. The fraction of sp³-hybridized carbons (Fsp3) is 0.603. The number of rotatable bonds is 48. The van der Waals surface area contributed by atoms with E-state index in [9.17, 15) is 14.4 Å². The first kappa shape index (κ1) is 64.5. The molecule has 0 saturated heterocycles. The van der Waals surface area contributed by atoms with Gasteiger partial charge in [-0.2, -0.15) is 0 Å². The predicted molar refractivity (Wildman–Crippen MR) is 297 cm³/mol. The Balaban J connectivity index is 4.60. The molecule has 0 saturated carbocycles. The monoisotopic (exact) mass is 953 g/mol. The van der Waals surface area contributed by atoms with Crippen molar-refractivity contribution in [3.05, 3.63) is 134 Å². The third-order valence-electron chi connectivity index (χ3n) is 11.2. The molecule has 0 aliphatic carbocycles. The van der Waals surface area contributed by atoms with Gasteiger partial charge in [-0.05, 0) is 96.3 Å². The molecule has 0 amide bonds. The van der Waals surface area contributed by atoms with Gasteiger partial charge in [0.25, 0.3) is 0 Å². The summed E-state index contributed by atoms with van der Waals surface area (Å²) in [5.74, 6) is -1.07. The lowest BCUT2D eigenvalue weighted by molar-refractivity contribution is -0.166. The Bertz CT molecular complexity index is 1510. The van der Waals surface area contributed by atoms with Crippen LogP contribution in [-0.2, 0) is 28.6 Å². The van der Waals surface area contributed by atoms with Gasteiger partial charge in [0, 0.05) is 19.3 Å². The largest absolute Gasteiger partial charge is 0.462 e. The summed E-state index contributed by atoms with van der Waals surface area (Å²) in [5, 5.41) is 0. The zero-order chi connectivity index (χ0) is 50.0. The van der Waals surface area contributed by atoms with Crippen molar-refractivity contribution >= 4 is 17.9 Å². The summed E-state index contributed by atoms with van der Waals surface area (Å²) in [6, 6.07) is 0. The quantitative estimate of drug-likeness (QED) is 0.0262. The molecule has 0 rings (SSSR count). The van der Waals surface area contributed by atoms with Crippen molar-refractivity contribution in [2.45, 2.75) is 232 Å². The molecule has 0 fully saturated rings. The van der Waals surface area contributed by atoms with Gasteiger partial charge in [0.1, 0.15) is 13.2 Å². The van der Waals surface area contributed by atoms with Gasteiger partial charge in [-0.1, -0.05) is 244 Å². The molecule has 0 bridgehead atoms. The van der Waals surface area contributed by atoms with E-state index in [0.29, 0.717) is 19.3 Å². The molecule has 0 aliphatic rings. The maximum atomic E-state index is 12.8. The molecule has 0 heterocycles. The fourth-order valence-electron chi connectivity index (χ4n) is 7.09. The van der Waals surface area contributed by atoms with Crippen molar-refractivity contribution in [3.63, 3.8) is 0 Å². The van der Waals surface area contributed by atoms with Crippen LogP contribution in [0.2, 0.25) is 0 Å². The van der Waals surface area contributed by atoms with Crippen molar-refractivity contribution in [2.75, 3.05) is 13.2 Å². The Morgan fingerprint density at radius 2 is 0.594 bits per heavy atom. The standard InChI is InChI=1S/C63H100O6/c1-4-7-10-13-16-19-22-25-28-30-31-33-36-38-41-44-47-50-53-56-62(65)68-59-60(69-63(66)57-54-51-48-45-42-39-34-27-24-21-18-15-12-9-6-3)58-67-61(64)55-52-49-46-43-40-37-35-32-29-26-23-20-17-14-11-8-5-2/h7-8,10-11,16-17,19-20,25-26,28-29,31,33,35,37-38,41,43,46-47,50,60H,4-6,9,12-15,18,21-24,27,30,32,34,36,39-40,42,44-45,48-49,51-59H2,1-3H3/b10-7-,11-8-,19-16-,20-17-,28-25-,29-26-,33-31-,37-35-,41-38-,46-43-,50-47-/t60-/m0/s1. The lowest BCUT2D eigenvalue weighted by Gasteiger charge is -2.18. The topological polar surface area (TPSA) is 78.9 Å². The smallest absolute Gasteiger partial charge is 0.306 e. The number of carbonyl (C=O) groups is 3. The normalized spacial score (nSPS) is 13.1. The summed E-state index contributed by atoms with van der Waals surface area (Å²) in [6.45, 7) is 6.29. The van der Waals surface area contributed by atoms with Gasteiger partial charge in [0.2, 0.25) is 0 Å². The Kier molecular flexibility index (Phi) is 52.5. The first-order valence-electron chi connectivity index (χ1n) is 27.7. The average molecular weight is 953 g/mol. The van der Waals surface area contributed by atoms with E-state index in [1.54, 1.807) is 0 Å². The summed E-state index contributed by atoms with van der Waals surface area (Å²) in [5.41, 5.74) is 0. The van der Waals surface area contributed by atoms with Crippen LogP contribution in [0.1, 0.15) is 226 Å². The van der Waals surface area contributed by atoms with Crippen molar-refractivity contribution in [3.8, 4) is 0 Å². The van der Waals surface area contributed by atoms with Crippen LogP contribution in [-0.4, -0.2) is 37.2 Å². The number of unbranched alkanes of at least 4 members (excludes halogenated alkanes) is 15. The third-order valence-corrected chi connectivity index (χ3v) is 11.2. The van der Waals surface area contributed by atoms with E-state index in [0.717, 1.165) is 96.3 Å². The molecule has 0 aromatic carbocycles. The zero-order valence-electron chi connectivity index (χ0n) is 44.3. The van der Waals surface area contributed by atoms with Gasteiger partial charge in [0.15, 0.2) is 6.10 Å². The molecule has 0 spiro atoms. The molecule has 0 radical (unpaired) electrons. The van der Waals surface area contributed by atoms with Gasteiger partial charge in [-0.15, -0.1) is 0 Å². The number of hydrogen-bond acceptors (Lipinski definition) is 6. The van der Waals surface area contributed by atoms with Crippen LogP contribution in [0.3, 0.4) is 0 Å². The minimum absolute atomic E-state index is 0.133. The van der Waals surface area contributed by atoms with Crippen molar-refractivity contribution in [1.29, 1.82) is 0 Å². The van der Waals surface area contributed by atoms with Crippen LogP contribution in [0.5, 0.6) is 0 Å². The van der Waals surface area contributed by atoms with Gasteiger partial charge in [-0.3, -0.25) is 14.4 Å². The Labute approximate surface area is 424 Å². The highest BCUT2D eigenvalue weighted by Gasteiger charge is 2.19. The highest BCUT2D eigenvalue weighted by molar-refractivity contribution is 5.71. The highest BCUT2D eigenvalue weighted by atomic mass is 16.6. The van der Waals surface area contributed by atoms with E-state index < -0.39 is 6.10 Å². The Morgan fingerprint density at radius 3 is 0.957 bits per heavy atom. The second-order valence-corrected chi connectivity index (χ2v) is 17.7. The van der Waals surface area contributed by atoms with E-state index in [1.165, 1.54) is 77.0 Å². The number of ether oxygens (including phenoxy) is 3. The van der Waals surface area contributed by atoms with E-state index in [-0.39, 0.29) is 44.0 Å². The molecule has 69 heavy (non-hydrogen) atoms. The molecule has 6 heteroatoms. The highest BCUT2D eigenvalue weighted by Crippen LogP contribution is 2.15. The maximum Gasteiger partial charge on any atom is 0.306 e. The molecule has 0 N–H and O–H groups in total. The van der Waals surface area contributed by atoms with Gasteiger partial charge in [-0.25, -0.2) is 0 Å². The summed E-state index contributed by atoms with van der Waals surface area (Å²) in [4.78, 5) is 38.1. The summed E-state index contributed by atoms with van der Waals surface area (Å²) < 4.78 is 16.7. The SMILES string of the molecule is CC/C=C\C/C=C\C/C=C\C/C=C\C/C=C\C/C=C\CCC(=O)OC[C@H](COC(=O)CCC/C=C\C/C=C\C/C=C\C/C=C\C/C=C\CC)OC(=O)CCCCCCCCCCCCCCCCC. The summed E-state index contributed by atoms with van der Waals surface area (Å²) >= 11 is 0. The minimum Gasteiger partial charge on any atom is -0.462 e. The van der Waals surface area contributed by atoms with E-state index in [2.05, 4.69) is 142 Å². The summed E-state index contributed by atoms with van der Waals surface area (Å²) in [7, 11) is 0. The molecular formula is C63H100O6. The first-order chi connectivity index (χ1) is 34.0. The molecule has 0 aromatic rings. The number of esters is 3. The molecular weight excluding hydrogens is 853 g/mol. The van der Waals surface area contributed by atoms with Gasteiger partial charge in [0.05, 0.1) is 0 Å². The number of allylic oxidation sites excluding steroid dienone is 22. The van der Waals surface area contributed by atoms with Crippen molar-refractivity contribution < 1.29 is 28.6 Å². The van der Waals surface area contributed by atoms with Crippen molar-refractivity contribution in [1.82, 2.24) is 0 Å². The fourth-order valence-corrected chi connectivity index (χ4v) is 7.09. The summed E-state index contributed by atoms with van der Waals surface area (Å²) in [6.07, 6.45) is 78.8. The Hall–Kier alpha value is -4.45. The van der Waals surface area contributed by atoms with E-state index in [1.807, 2.05) is 12.2 Å². The van der Waals surface area contributed by atoms with Crippen LogP contribution in [0.4, 0.5) is 0 Å². The van der Waals surface area contributed by atoms with Crippen molar-refractivity contribution in [2.24, 2.45) is 0 Å². The average Bonchev–Trinajstić information content (AvgIpc) is 3.35. The Morgan fingerprint density at radius 1 is 0.304 bits per heavy atom. The second kappa shape index (κ2) is 56.1. The van der Waals surface area contributed by atoms with Gasteiger partial charge >= 0.3 is 17.9 Å². The van der Waals surface area contributed by atoms with Crippen LogP contribution in [0, 0.1) is 0 Å². The maximum absolute atomic E-state index is 12.8. The zero-order valence-corrected chi connectivity index (χ0v) is 44.3. The number of carbonyl (C=O) groups excluding carboxylic acids is 3. The molecule has 6 nitrogen and oxygen atoms in total. The lowest BCUT2D eigenvalue weighted by atomic mass is 10.0. The second-order valence-electron chi connectivity index (χ2n) is 17.7. The van der Waals surface area contributed by atoms with Crippen LogP contribution in [0.15, 0.2) is 134 Å². The molecule has 0 aromatic heterocycles.